The number of hydrogen-bond donors (Lipinski definition) is 0. The van der Waals surface area contributed by atoms with Gasteiger partial charge >= 0.3 is 0 Å². The molecule has 0 radical (unpaired) electrons. The Kier molecular flexibility index (Phi) is 17.6. The number of halogens is 1. The number of carbonyl (C=O) groups is 1. The number of likely N-dealkylation sites (N-methyl/N-ethyl adjacent to an activating group) is 4. The lowest BCUT2D eigenvalue weighted by Crippen LogP contribution is -2.34. The first kappa shape index (κ1) is 48.3. The van der Waals surface area contributed by atoms with Crippen molar-refractivity contribution in [1.82, 2.24) is 39.2 Å². The zero-order chi connectivity index (χ0) is 45.7. The zero-order valence-corrected chi connectivity index (χ0v) is 39.5. The number of rotatable bonds is 10. The van der Waals surface area contributed by atoms with Crippen molar-refractivity contribution in [2.24, 2.45) is 0 Å². The summed E-state index contributed by atoms with van der Waals surface area (Å²) >= 11 is 0. The Morgan fingerprint density at radius 2 is 0.908 bits per heavy atom. The number of nitro benzene ring substituents is 1. The second-order valence-corrected chi connectivity index (χ2v) is 18.9. The zero-order valence-electron chi connectivity index (χ0n) is 39.5. The van der Waals surface area contributed by atoms with Crippen LogP contribution in [0.25, 0.3) is 22.3 Å². The van der Waals surface area contributed by atoms with Crippen LogP contribution in [0.4, 0.5) is 10.1 Å². The number of amides is 1. The minimum Gasteiger partial charge on any atom is -0.337 e. The van der Waals surface area contributed by atoms with Crippen molar-refractivity contribution in [2.75, 3.05) is 133 Å². The lowest BCUT2D eigenvalue weighted by atomic mass is 10.00. The van der Waals surface area contributed by atoms with Gasteiger partial charge in [0.1, 0.15) is 5.82 Å². The molecule has 0 saturated carbocycles. The van der Waals surface area contributed by atoms with Crippen LogP contribution in [0.3, 0.4) is 0 Å². The Hall–Kier alpha value is -4.60. The maximum absolute atomic E-state index is 15.0. The van der Waals surface area contributed by atoms with E-state index in [0.717, 1.165) is 166 Å². The third-order valence-corrected chi connectivity index (χ3v) is 13.7. The summed E-state index contributed by atoms with van der Waals surface area (Å²) in [5.41, 5.74) is 7.13. The van der Waals surface area contributed by atoms with Crippen molar-refractivity contribution in [3.8, 4) is 22.3 Å². The van der Waals surface area contributed by atoms with Gasteiger partial charge in [-0.2, -0.15) is 0 Å². The van der Waals surface area contributed by atoms with Gasteiger partial charge in [-0.25, -0.2) is 4.39 Å². The largest absolute Gasteiger partial charge is 0.337 e. The second-order valence-electron chi connectivity index (χ2n) is 18.9. The van der Waals surface area contributed by atoms with Crippen molar-refractivity contribution in [1.29, 1.82) is 0 Å². The summed E-state index contributed by atoms with van der Waals surface area (Å²) in [6.07, 6.45) is 4.47. The van der Waals surface area contributed by atoms with E-state index in [1.807, 2.05) is 59.5 Å². The number of carbonyl (C=O) groups excluding carboxylic acids is 1. The molecule has 4 aliphatic heterocycles. The summed E-state index contributed by atoms with van der Waals surface area (Å²) in [6.45, 7) is 18.8. The molecular weight excluding hydrogens is 818 g/mol. The molecule has 0 spiro atoms. The van der Waals surface area contributed by atoms with Crippen LogP contribution >= 0.6 is 0 Å². The minimum absolute atomic E-state index is 0.0609. The summed E-state index contributed by atoms with van der Waals surface area (Å²) in [4.78, 5) is 43.1. The first-order valence-electron chi connectivity index (χ1n) is 23.9. The van der Waals surface area contributed by atoms with Gasteiger partial charge in [0.25, 0.3) is 11.6 Å². The van der Waals surface area contributed by atoms with Gasteiger partial charge in [0, 0.05) is 95.7 Å². The molecule has 0 bridgehead atoms. The molecule has 4 heterocycles. The molecule has 1 amide bonds. The summed E-state index contributed by atoms with van der Waals surface area (Å²) in [6, 6.07) is 27.0. The monoisotopic (exact) mass is 890 g/mol. The van der Waals surface area contributed by atoms with Gasteiger partial charge in [-0.05, 0) is 152 Å². The Labute approximate surface area is 387 Å². The van der Waals surface area contributed by atoms with Crippen molar-refractivity contribution in [3.05, 3.63) is 123 Å². The van der Waals surface area contributed by atoms with E-state index in [0.29, 0.717) is 16.7 Å². The molecule has 0 unspecified atom stereocenters. The molecule has 350 valence electrons. The maximum atomic E-state index is 15.0. The second kappa shape index (κ2) is 23.7. The van der Waals surface area contributed by atoms with Crippen LogP contribution in [-0.2, 0) is 19.6 Å². The summed E-state index contributed by atoms with van der Waals surface area (Å²) in [7, 11) is 8.59. The van der Waals surface area contributed by atoms with Gasteiger partial charge in [0.2, 0.25) is 0 Å². The van der Waals surface area contributed by atoms with Gasteiger partial charge in [-0.1, -0.05) is 54.6 Å². The van der Waals surface area contributed by atoms with Crippen molar-refractivity contribution < 1.29 is 14.1 Å². The fraction of sp³-hybridized carbons (Fsp3) is 0.519. The van der Waals surface area contributed by atoms with Gasteiger partial charge < -0.3 is 24.5 Å². The topological polar surface area (TPSA) is 86.1 Å². The van der Waals surface area contributed by atoms with E-state index < -0.39 is 0 Å². The van der Waals surface area contributed by atoms with E-state index in [9.17, 15) is 19.3 Å². The highest BCUT2D eigenvalue weighted by Gasteiger charge is 2.22. The molecular formula is C52H72FN9O3. The molecule has 8 rings (SSSR count). The predicted molar refractivity (Wildman–Crippen MR) is 261 cm³/mol. The van der Waals surface area contributed by atoms with Gasteiger partial charge in [0.15, 0.2) is 0 Å². The lowest BCUT2D eigenvalue weighted by Gasteiger charge is -2.21. The molecule has 4 saturated heterocycles. The highest BCUT2D eigenvalue weighted by atomic mass is 19.1. The number of nitrogens with zero attached hydrogens (tertiary/aromatic N) is 9. The molecule has 4 aliphatic rings. The molecule has 4 fully saturated rings. The van der Waals surface area contributed by atoms with Crippen LogP contribution in [0.15, 0.2) is 84.9 Å². The average Bonchev–Trinajstić information content (AvgIpc) is 3.83. The SMILES string of the molecule is CN1CCCN(Cc2ccc(-c3ccc(C(=O)N4CCCN(C)CC4)cc3)c(F)c2)CC1.CN1CCCN(Cc2ccc(-c3ccc(CN4CCCN(C)CC4)cc3[N+](=O)[O-])cc2)CC1. The van der Waals surface area contributed by atoms with Crippen molar-refractivity contribution in [2.45, 2.75) is 45.3 Å². The Balaban J connectivity index is 0.000000194. The summed E-state index contributed by atoms with van der Waals surface area (Å²) in [5, 5.41) is 11.9. The fourth-order valence-electron chi connectivity index (χ4n) is 9.52. The van der Waals surface area contributed by atoms with Crippen LogP contribution in [0.1, 0.15) is 52.7 Å². The molecule has 65 heavy (non-hydrogen) atoms. The minimum atomic E-state index is -0.239. The molecule has 13 heteroatoms. The van der Waals surface area contributed by atoms with E-state index in [1.54, 1.807) is 12.1 Å². The fourth-order valence-corrected chi connectivity index (χ4v) is 9.52. The first-order chi connectivity index (χ1) is 31.5. The van der Waals surface area contributed by atoms with E-state index >= 15 is 0 Å². The van der Waals surface area contributed by atoms with Gasteiger partial charge in [-0.3, -0.25) is 29.6 Å². The molecule has 0 N–H and O–H groups in total. The molecule has 4 aromatic carbocycles. The standard InChI is InChI=1S/C26H35FN4O.C26H37N5O2/c1-28-11-3-13-30(17-15-28)20-21-5-10-24(25(27)19-21)22-6-8-23(9-7-22)26(32)31-14-4-12-29(2)16-18-31;1-27-11-3-13-29(17-15-27)20-22-5-8-24(9-6-22)25-10-7-23(19-26(25)31(32)33)21-30-14-4-12-28(2)16-18-30/h5-10,19H,3-4,11-18,20H2,1-2H3;5-10,19H,3-4,11-18,20-21H2,1-2H3. The van der Waals surface area contributed by atoms with Crippen LogP contribution in [0, 0.1) is 15.9 Å². The third kappa shape index (κ3) is 14.2. The quantitative estimate of drug-likeness (QED) is 0.123. The van der Waals surface area contributed by atoms with Gasteiger partial charge in [-0.15, -0.1) is 0 Å². The van der Waals surface area contributed by atoms with Crippen molar-refractivity contribution >= 4 is 11.6 Å². The van der Waals surface area contributed by atoms with Crippen LogP contribution in [-0.4, -0.2) is 183 Å². The smallest absolute Gasteiger partial charge is 0.277 e. The molecule has 4 aromatic rings. The molecule has 12 nitrogen and oxygen atoms in total. The third-order valence-electron chi connectivity index (χ3n) is 13.7. The number of benzene rings is 4. The predicted octanol–water partition coefficient (Wildman–Crippen LogP) is 6.94. The lowest BCUT2D eigenvalue weighted by molar-refractivity contribution is -0.384. The molecule has 0 atom stereocenters. The molecule has 0 aliphatic carbocycles. The Bertz CT molecular complexity index is 2150. The van der Waals surface area contributed by atoms with E-state index in [-0.39, 0.29) is 22.3 Å². The summed E-state index contributed by atoms with van der Waals surface area (Å²) in [5.74, 6) is -0.144. The maximum Gasteiger partial charge on any atom is 0.277 e. The molecule has 0 aromatic heterocycles. The number of nitro groups is 1. The van der Waals surface area contributed by atoms with E-state index in [1.165, 1.54) is 12.0 Å². The van der Waals surface area contributed by atoms with Crippen LogP contribution < -0.4 is 0 Å². The van der Waals surface area contributed by atoms with Crippen LogP contribution in [0.5, 0.6) is 0 Å². The first-order valence-corrected chi connectivity index (χ1v) is 23.9. The highest BCUT2D eigenvalue weighted by Crippen LogP contribution is 2.32. The van der Waals surface area contributed by atoms with Gasteiger partial charge in [0.05, 0.1) is 10.5 Å². The summed E-state index contributed by atoms with van der Waals surface area (Å²) < 4.78 is 15.0. The average molecular weight is 890 g/mol. The number of hydrogen-bond acceptors (Lipinski definition) is 10. The van der Waals surface area contributed by atoms with Crippen LogP contribution in [0.2, 0.25) is 0 Å². The Morgan fingerprint density at radius 3 is 1.42 bits per heavy atom. The van der Waals surface area contributed by atoms with E-state index in [2.05, 4.69) is 80.7 Å². The Morgan fingerprint density at radius 1 is 0.492 bits per heavy atom. The normalized spacial score (nSPS) is 19.7. The van der Waals surface area contributed by atoms with Crippen molar-refractivity contribution in [3.63, 3.8) is 0 Å². The van der Waals surface area contributed by atoms with E-state index in [4.69, 9.17) is 0 Å². The highest BCUT2D eigenvalue weighted by molar-refractivity contribution is 5.94.